The van der Waals surface area contributed by atoms with E-state index in [9.17, 15) is 9.59 Å². The van der Waals surface area contributed by atoms with Crippen LogP contribution in [0.25, 0.3) is 0 Å². The number of hydrogen-bond donors (Lipinski definition) is 3. The highest BCUT2D eigenvalue weighted by Crippen LogP contribution is 2.25. The number of nitrogens with one attached hydrogen (secondary N) is 3. The molecule has 5 nitrogen and oxygen atoms in total. The van der Waals surface area contributed by atoms with Crippen LogP contribution in [0.15, 0.2) is 42.5 Å². The van der Waals surface area contributed by atoms with E-state index in [4.69, 9.17) is 23.2 Å². The fourth-order valence-electron chi connectivity index (χ4n) is 2.23. The number of halogens is 2. The number of benzene rings is 2. The Bertz CT molecular complexity index is 781. The molecule has 2 amide bonds. The van der Waals surface area contributed by atoms with Gasteiger partial charge in [-0.3, -0.25) is 9.59 Å². The highest BCUT2D eigenvalue weighted by molar-refractivity contribution is 6.42. The number of hydrogen-bond acceptors (Lipinski definition) is 3. The SMILES string of the molecule is CC(=O)Nc1cccc(NC(=O)CN[C@@H](C)c2ccc(Cl)c(Cl)c2)c1. The van der Waals surface area contributed by atoms with Crippen molar-refractivity contribution < 1.29 is 9.59 Å². The van der Waals surface area contributed by atoms with Gasteiger partial charge in [0.25, 0.3) is 0 Å². The summed E-state index contributed by atoms with van der Waals surface area (Å²) < 4.78 is 0. The Kier molecular flexibility index (Phi) is 6.82. The third-order valence-electron chi connectivity index (χ3n) is 3.48. The van der Waals surface area contributed by atoms with Crippen LogP contribution < -0.4 is 16.0 Å². The predicted octanol–water partition coefficient (Wildman–Crippen LogP) is 4.24. The molecule has 0 saturated heterocycles. The Morgan fingerprint density at radius 3 is 2.32 bits per heavy atom. The number of amides is 2. The van der Waals surface area contributed by atoms with Crippen molar-refractivity contribution in [1.29, 1.82) is 0 Å². The first-order valence-electron chi connectivity index (χ1n) is 7.71. The first-order chi connectivity index (χ1) is 11.8. The summed E-state index contributed by atoms with van der Waals surface area (Å²) in [5.74, 6) is -0.354. The van der Waals surface area contributed by atoms with E-state index < -0.39 is 0 Å². The maximum absolute atomic E-state index is 12.1. The lowest BCUT2D eigenvalue weighted by molar-refractivity contribution is -0.115. The van der Waals surface area contributed by atoms with Crippen molar-refractivity contribution in [2.75, 3.05) is 17.2 Å². The van der Waals surface area contributed by atoms with E-state index >= 15 is 0 Å². The van der Waals surface area contributed by atoms with Gasteiger partial charge in [0.05, 0.1) is 16.6 Å². The normalized spacial score (nSPS) is 11.7. The van der Waals surface area contributed by atoms with Gasteiger partial charge < -0.3 is 16.0 Å². The Morgan fingerprint density at radius 1 is 1.00 bits per heavy atom. The molecule has 3 N–H and O–H groups in total. The van der Waals surface area contributed by atoms with Crippen molar-refractivity contribution in [3.05, 3.63) is 58.1 Å². The van der Waals surface area contributed by atoms with Gasteiger partial charge in [0, 0.05) is 24.3 Å². The molecule has 2 aromatic rings. The fourth-order valence-corrected chi connectivity index (χ4v) is 2.54. The molecule has 25 heavy (non-hydrogen) atoms. The standard InChI is InChI=1S/C18H19Cl2N3O2/c1-11(13-6-7-16(19)17(20)8-13)21-10-18(25)23-15-5-3-4-14(9-15)22-12(2)24/h3-9,11,21H,10H2,1-2H3,(H,22,24)(H,23,25)/t11-/m0/s1. The van der Waals surface area contributed by atoms with Gasteiger partial charge in [-0.1, -0.05) is 35.3 Å². The molecule has 0 aliphatic rings. The second-order valence-electron chi connectivity index (χ2n) is 5.59. The lowest BCUT2D eigenvalue weighted by Crippen LogP contribution is -2.30. The third-order valence-corrected chi connectivity index (χ3v) is 4.22. The predicted molar refractivity (Wildman–Crippen MR) is 102 cm³/mol. The van der Waals surface area contributed by atoms with E-state index in [1.807, 2.05) is 13.0 Å². The van der Waals surface area contributed by atoms with Crippen LogP contribution in [0.1, 0.15) is 25.5 Å². The maximum atomic E-state index is 12.1. The summed E-state index contributed by atoms with van der Waals surface area (Å²) in [7, 11) is 0. The van der Waals surface area contributed by atoms with E-state index in [1.54, 1.807) is 36.4 Å². The zero-order chi connectivity index (χ0) is 18.4. The van der Waals surface area contributed by atoms with E-state index in [2.05, 4.69) is 16.0 Å². The second-order valence-corrected chi connectivity index (χ2v) is 6.40. The van der Waals surface area contributed by atoms with Gasteiger partial charge in [0.15, 0.2) is 0 Å². The molecule has 0 saturated carbocycles. The van der Waals surface area contributed by atoms with Crippen LogP contribution in [-0.2, 0) is 9.59 Å². The third kappa shape index (κ3) is 6.05. The minimum atomic E-state index is -0.188. The Labute approximate surface area is 156 Å². The fraction of sp³-hybridized carbons (Fsp3) is 0.222. The minimum Gasteiger partial charge on any atom is -0.326 e. The largest absolute Gasteiger partial charge is 0.326 e. The van der Waals surface area contributed by atoms with Crippen molar-refractivity contribution in [3.8, 4) is 0 Å². The van der Waals surface area contributed by atoms with Gasteiger partial charge in [-0.05, 0) is 42.8 Å². The number of rotatable bonds is 6. The molecule has 0 unspecified atom stereocenters. The van der Waals surface area contributed by atoms with Crippen molar-refractivity contribution >= 4 is 46.4 Å². The minimum absolute atomic E-state index is 0.0637. The Hall–Kier alpha value is -2.08. The summed E-state index contributed by atoms with van der Waals surface area (Å²) in [4.78, 5) is 23.2. The molecule has 2 aromatic carbocycles. The average molecular weight is 380 g/mol. The van der Waals surface area contributed by atoms with Crippen molar-refractivity contribution in [1.82, 2.24) is 5.32 Å². The van der Waals surface area contributed by atoms with Crippen molar-refractivity contribution in [2.24, 2.45) is 0 Å². The molecule has 0 spiro atoms. The van der Waals surface area contributed by atoms with Gasteiger partial charge >= 0.3 is 0 Å². The van der Waals surface area contributed by atoms with Gasteiger partial charge in [0.2, 0.25) is 11.8 Å². The highest BCUT2D eigenvalue weighted by Gasteiger charge is 2.10. The summed E-state index contributed by atoms with van der Waals surface area (Å²) >= 11 is 11.9. The van der Waals surface area contributed by atoms with Gasteiger partial charge in [-0.2, -0.15) is 0 Å². The van der Waals surface area contributed by atoms with E-state index in [0.29, 0.717) is 21.4 Å². The zero-order valence-electron chi connectivity index (χ0n) is 13.9. The van der Waals surface area contributed by atoms with Crippen LogP contribution in [0.3, 0.4) is 0 Å². The van der Waals surface area contributed by atoms with Crippen LogP contribution in [-0.4, -0.2) is 18.4 Å². The van der Waals surface area contributed by atoms with Crippen molar-refractivity contribution in [3.63, 3.8) is 0 Å². The molecule has 0 radical (unpaired) electrons. The average Bonchev–Trinajstić information content (AvgIpc) is 2.55. The summed E-state index contributed by atoms with van der Waals surface area (Å²) in [5.41, 5.74) is 2.18. The molecule has 0 fully saturated rings. The molecular weight excluding hydrogens is 361 g/mol. The maximum Gasteiger partial charge on any atom is 0.238 e. The van der Waals surface area contributed by atoms with Crippen molar-refractivity contribution in [2.45, 2.75) is 19.9 Å². The molecule has 0 heterocycles. The lowest BCUT2D eigenvalue weighted by Gasteiger charge is -2.15. The van der Waals surface area contributed by atoms with E-state index in [-0.39, 0.29) is 24.4 Å². The molecule has 0 aliphatic carbocycles. The van der Waals surface area contributed by atoms with Crippen LogP contribution in [0.4, 0.5) is 11.4 Å². The first-order valence-corrected chi connectivity index (χ1v) is 8.46. The van der Waals surface area contributed by atoms with E-state index in [1.165, 1.54) is 6.92 Å². The number of carbonyl (C=O) groups is 2. The molecule has 2 rings (SSSR count). The van der Waals surface area contributed by atoms with Gasteiger partial charge in [-0.25, -0.2) is 0 Å². The second kappa shape index (κ2) is 8.85. The van der Waals surface area contributed by atoms with Crippen LogP contribution in [0, 0.1) is 0 Å². The topological polar surface area (TPSA) is 70.2 Å². The molecular formula is C18H19Cl2N3O2. The smallest absolute Gasteiger partial charge is 0.238 e. The number of carbonyl (C=O) groups excluding carboxylic acids is 2. The van der Waals surface area contributed by atoms with Crippen LogP contribution in [0.5, 0.6) is 0 Å². The Balaban J connectivity index is 1.89. The molecule has 132 valence electrons. The summed E-state index contributed by atoms with van der Waals surface area (Å²) in [5, 5.41) is 9.56. The Morgan fingerprint density at radius 2 is 1.68 bits per heavy atom. The molecule has 7 heteroatoms. The lowest BCUT2D eigenvalue weighted by atomic mass is 10.1. The summed E-state index contributed by atoms with van der Waals surface area (Å²) in [6, 6.07) is 12.3. The number of anilines is 2. The molecule has 0 aliphatic heterocycles. The van der Waals surface area contributed by atoms with Crippen LogP contribution in [0.2, 0.25) is 10.0 Å². The van der Waals surface area contributed by atoms with E-state index in [0.717, 1.165) is 5.56 Å². The zero-order valence-corrected chi connectivity index (χ0v) is 15.4. The summed E-state index contributed by atoms with van der Waals surface area (Å²) in [6.07, 6.45) is 0. The molecule has 1 atom stereocenters. The molecule has 0 aromatic heterocycles. The van der Waals surface area contributed by atoms with Gasteiger partial charge in [0.1, 0.15) is 0 Å². The van der Waals surface area contributed by atoms with Gasteiger partial charge in [-0.15, -0.1) is 0 Å². The first kappa shape index (κ1) is 19.2. The molecule has 0 bridgehead atoms. The monoisotopic (exact) mass is 379 g/mol. The highest BCUT2D eigenvalue weighted by atomic mass is 35.5. The quantitative estimate of drug-likeness (QED) is 0.702. The summed E-state index contributed by atoms with van der Waals surface area (Å²) in [6.45, 7) is 3.50. The van der Waals surface area contributed by atoms with Crippen LogP contribution >= 0.6 is 23.2 Å².